The van der Waals surface area contributed by atoms with Crippen molar-refractivity contribution in [2.75, 3.05) is 55.6 Å². The Hall–Kier alpha value is -7.84. The average Bonchev–Trinajstić information content (AvgIpc) is 1.13. The van der Waals surface area contributed by atoms with Crippen molar-refractivity contribution < 1.29 is 66.9 Å². The van der Waals surface area contributed by atoms with Gasteiger partial charge in [-0.3, -0.25) is 72.9 Å². The van der Waals surface area contributed by atoms with Gasteiger partial charge in [-0.2, -0.15) is 10.5 Å². The van der Waals surface area contributed by atoms with E-state index in [1.807, 2.05) is 4.90 Å². The van der Waals surface area contributed by atoms with Crippen LogP contribution < -0.4 is 21.7 Å². The van der Waals surface area contributed by atoms with Crippen molar-refractivity contribution in [2.45, 2.75) is 139 Å². The predicted molar refractivity (Wildman–Crippen MR) is 285 cm³/mol. The van der Waals surface area contributed by atoms with Gasteiger partial charge in [0.05, 0.1) is 88.9 Å². The highest BCUT2D eigenvalue weighted by Crippen LogP contribution is 2.51. The summed E-state index contributed by atoms with van der Waals surface area (Å²) in [5.41, 5.74) is 6.63. The van der Waals surface area contributed by atoms with E-state index in [-0.39, 0.29) is 116 Å². The molecule has 2 saturated heterocycles. The monoisotopic (exact) mass is 1120 g/mol. The van der Waals surface area contributed by atoms with Crippen molar-refractivity contribution in [2.24, 2.45) is 5.73 Å². The summed E-state index contributed by atoms with van der Waals surface area (Å²) in [5.74, 6) is -6.60. The van der Waals surface area contributed by atoms with Crippen LogP contribution in [0.2, 0.25) is 0 Å². The number of likely N-dealkylation sites (N-methyl/N-ethyl adjacent to an activating group) is 2. The summed E-state index contributed by atoms with van der Waals surface area (Å²) in [6, 6.07) is -9.12. The largest absolute Gasteiger partial charge is 0.492 e. The summed E-state index contributed by atoms with van der Waals surface area (Å²) in [7, 11) is 8.45. The summed E-state index contributed by atoms with van der Waals surface area (Å²) in [5, 5.41) is 31.6. The number of carbonyl (C=O) groups excluding carboxylic acids is 10. The number of ether oxygens (including phenoxy) is 4. The number of allylic oxidation sites excluding steroid dienone is 8. The van der Waals surface area contributed by atoms with Crippen molar-refractivity contribution >= 4 is 58.1 Å². The maximum atomic E-state index is 15.0. The minimum absolute atomic E-state index is 0.0104. The highest BCUT2D eigenvalue weighted by atomic mass is 16.5. The fourth-order valence-electron chi connectivity index (χ4n) is 15.0. The summed E-state index contributed by atoms with van der Waals surface area (Å²) >= 11 is 0. The molecule has 24 heteroatoms. The van der Waals surface area contributed by atoms with Crippen LogP contribution in [-0.4, -0.2) is 212 Å². The summed E-state index contributed by atoms with van der Waals surface area (Å²) < 4.78 is 22.1. The maximum absolute atomic E-state index is 15.0. The molecule has 4 aliphatic carbocycles. The van der Waals surface area contributed by atoms with Crippen LogP contribution in [0.25, 0.3) is 0 Å². The fraction of sp³-hybridized carbons (Fsp3) is 0.517. The summed E-state index contributed by atoms with van der Waals surface area (Å²) in [6.07, 6.45) is -0.296. The zero-order chi connectivity index (χ0) is 59.7. The van der Waals surface area contributed by atoms with Crippen LogP contribution in [-0.2, 0) is 66.9 Å². The lowest BCUT2D eigenvalue weighted by Gasteiger charge is -2.62. The lowest BCUT2D eigenvalue weighted by molar-refractivity contribution is -0.128. The quantitative estimate of drug-likeness (QED) is 0.168. The smallest absolute Gasteiger partial charge is 0.236 e. The van der Waals surface area contributed by atoms with Crippen molar-refractivity contribution in [1.82, 2.24) is 35.6 Å². The molecule has 6 aliphatic heterocycles. The van der Waals surface area contributed by atoms with E-state index in [9.17, 15) is 48.9 Å². The Bertz CT molecular complexity index is 3450. The molecule has 4 bridgehead atoms. The number of nitriles is 2. The first-order chi connectivity index (χ1) is 38.9. The zero-order valence-electron chi connectivity index (χ0n) is 47.5. The standard InChI is InChI=1S/C58H64N10O14/c1-20-45(69)26-14-30-42-38-28(47(71)22(3)55(81-11)51(38)75)13-29(65(42)7)32(16-59)67(30)34(36(26)49(73)53(20)79-9)19-63-58(78)25(6)64-41-39-40(52(76)56(82-12)23(4)48(39)72)43-31-15-27-37(50(74)54(80-10)21(2)46(27)70)35(18-62-57(77)24(5)61)68(31)33(17-60)44(41)66(43)8/h24-25,29-35,41-44,64H,13-15,18-19,61H2,1-12H3,(H,62,77)(H,63,78)/t24-,25-,29+,30-,31-,32+,33+,34-,35+,41+,42+,43-,44+/m0/s1. The van der Waals surface area contributed by atoms with E-state index < -0.39 is 143 Å². The first-order valence-corrected chi connectivity index (χ1v) is 27.1. The molecule has 0 spiro atoms. The lowest BCUT2D eigenvalue weighted by atomic mass is 9.66. The molecule has 2 amide bonds. The molecule has 0 aromatic carbocycles. The topological polar surface area (TPSA) is 330 Å². The Morgan fingerprint density at radius 3 is 1.35 bits per heavy atom. The summed E-state index contributed by atoms with van der Waals surface area (Å²) in [4.78, 5) is 152. The molecule has 6 heterocycles. The van der Waals surface area contributed by atoms with Crippen LogP contribution >= 0.6 is 0 Å². The molecule has 0 aromatic heterocycles. The molecule has 82 heavy (non-hydrogen) atoms. The van der Waals surface area contributed by atoms with Crippen LogP contribution in [0.1, 0.15) is 60.8 Å². The number of ketones is 8. The molecule has 24 nitrogen and oxygen atoms in total. The van der Waals surface area contributed by atoms with Gasteiger partial charge >= 0.3 is 0 Å². The number of hydrogen-bond donors (Lipinski definition) is 4. The number of Topliss-reactive ketones (excluding diaryl/α,β-unsaturated/α-hetero) is 8. The Labute approximate surface area is 472 Å². The van der Waals surface area contributed by atoms with Crippen LogP contribution in [0.5, 0.6) is 0 Å². The van der Waals surface area contributed by atoms with E-state index in [1.165, 1.54) is 70.0 Å². The number of carbonyl (C=O) groups is 10. The molecule has 0 radical (unpaired) electrons. The third kappa shape index (κ3) is 7.97. The van der Waals surface area contributed by atoms with E-state index in [2.05, 4.69) is 28.1 Å². The molecule has 0 unspecified atom stereocenters. The number of nitrogens with zero attached hydrogens (tertiary/aromatic N) is 6. The Morgan fingerprint density at radius 1 is 0.537 bits per heavy atom. The molecule has 430 valence electrons. The molecule has 10 aliphatic rings. The van der Waals surface area contributed by atoms with Gasteiger partial charge in [0, 0.05) is 98.1 Å². The van der Waals surface area contributed by atoms with Gasteiger partial charge in [0.15, 0.2) is 46.2 Å². The predicted octanol–water partition coefficient (Wildman–Crippen LogP) is -1.16. The maximum Gasteiger partial charge on any atom is 0.236 e. The fourth-order valence-corrected chi connectivity index (χ4v) is 15.0. The lowest BCUT2D eigenvalue weighted by Crippen LogP contribution is -2.79. The van der Waals surface area contributed by atoms with Crippen LogP contribution in [0.4, 0.5) is 0 Å². The van der Waals surface area contributed by atoms with E-state index >= 15 is 9.59 Å². The van der Waals surface area contributed by atoms with Crippen molar-refractivity contribution in [3.63, 3.8) is 0 Å². The number of amides is 2. The average molecular weight is 1130 g/mol. The number of methoxy groups -OCH3 is 4. The van der Waals surface area contributed by atoms with Gasteiger partial charge in [-0.25, -0.2) is 0 Å². The van der Waals surface area contributed by atoms with E-state index in [1.54, 1.807) is 28.8 Å². The van der Waals surface area contributed by atoms with Gasteiger partial charge in [0.1, 0.15) is 12.1 Å². The van der Waals surface area contributed by atoms with Gasteiger partial charge in [0.2, 0.25) is 34.9 Å². The second-order valence-corrected chi connectivity index (χ2v) is 22.5. The number of fused-ring (bicyclic) bond motifs is 10. The van der Waals surface area contributed by atoms with Crippen molar-refractivity contribution in [1.29, 1.82) is 10.5 Å². The first-order valence-electron chi connectivity index (χ1n) is 27.1. The summed E-state index contributed by atoms with van der Waals surface area (Å²) in [6.45, 7) is 8.09. The second-order valence-electron chi connectivity index (χ2n) is 22.5. The first kappa shape index (κ1) is 57.4. The van der Waals surface area contributed by atoms with Gasteiger partial charge in [-0.15, -0.1) is 0 Å². The highest BCUT2D eigenvalue weighted by molar-refractivity contribution is 6.28. The number of hydrogen-bond acceptors (Lipinski definition) is 22. The number of rotatable bonds is 12. The molecule has 13 atom stereocenters. The molecule has 5 N–H and O–H groups in total. The number of nitrogens with two attached hydrogens (primary N) is 1. The zero-order valence-corrected chi connectivity index (χ0v) is 47.5. The van der Waals surface area contributed by atoms with Crippen molar-refractivity contribution in [3.8, 4) is 12.1 Å². The van der Waals surface area contributed by atoms with Gasteiger partial charge in [-0.1, -0.05) is 0 Å². The normalized spacial score (nSPS) is 32.2. The Kier molecular flexibility index (Phi) is 14.6. The van der Waals surface area contributed by atoms with Gasteiger partial charge < -0.3 is 35.3 Å². The van der Waals surface area contributed by atoms with E-state index in [4.69, 9.17) is 24.7 Å². The highest BCUT2D eigenvalue weighted by Gasteiger charge is 2.64. The van der Waals surface area contributed by atoms with Gasteiger partial charge in [-0.05, 0) is 74.9 Å². The molecule has 0 saturated carbocycles. The Morgan fingerprint density at radius 2 is 0.915 bits per heavy atom. The SMILES string of the molecule is COC1=C(C)C(=O)C2=C(C1=O)[C@@H]1[C@@H]3CC4=C(C(=O)C(OC)=C(C)C4=O)[C@@H](CNC(=O)[C@H](C)N)N3[C@H](C#N)[C@H]([C@@H]2N[C@@H](C)C(=O)NC[C@H]2C3=C(C[C@H]4[C@@H]5C6=C(C[C@H]([C@@H](C#N)N24)N5C)C(=O)C(C)=C(OC)C6=O)C(=O)C(C)=C(OC)C3=O)N1C. The van der Waals surface area contributed by atoms with Crippen LogP contribution in [0, 0.1) is 22.7 Å². The Balaban J connectivity index is 1.04. The van der Waals surface area contributed by atoms with Crippen LogP contribution in [0.15, 0.2) is 89.9 Å². The van der Waals surface area contributed by atoms with E-state index in [0.29, 0.717) is 0 Å². The third-order valence-electron chi connectivity index (χ3n) is 18.7. The second kappa shape index (κ2) is 20.9. The van der Waals surface area contributed by atoms with Gasteiger partial charge in [0.25, 0.3) is 0 Å². The molecule has 0 aromatic rings. The molecular formula is C58H64N10O14. The van der Waals surface area contributed by atoms with E-state index in [0.717, 1.165) is 0 Å². The molecule has 2 fully saturated rings. The molecule has 10 rings (SSSR count). The third-order valence-corrected chi connectivity index (χ3v) is 18.7. The number of nitrogens with one attached hydrogen (secondary N) is 3. The molecular weight excluding hydrogens is 1060 g/mol. The minimum Gasteiger partial charge on any atom is -0.492 e. The van der Waals surface area contributed by atoms with Crippen molar-refractivity contribution in [3.05, 3.63) is 89.9 Å². The minimum atomic E-state index is -1.31. The van der Waals surface area contributed by atoms with Crippen LogP contribution in [0.3, 0.4) is 0 Å². The number of piperazine rings is 2.